The lowest BCUT2D eigenvalue weighted by Crippen LogP contribution is -2.43. The molecule has 11 heteroatoms. The lowest BCUT2D eigenvalue weighted by Gasteiger charge is -2.17. The van der Waals surface area contributed by atoms with Gasteiger partial charge >= 0.3 is 12.1 Å². The van der Waals surface area contributed by atoms with Crippen molar-refractivity contribution in [2.24, 2.45) is 0 Å². The molecule has 0 saturated heterocycles. The SMILES string of the molecule is COC(=O)[C@@H](Cc1c[nH]c2ccccc12)NC(=O)c1cnn(-c2ccc(Cl)cc2)c1C(F)(F)F. The number of esters is 1. The Labute approximate surface area is 196 Å². The number of H-pyrrole nitrogens is 1. The fraction of sp³-hybridized carbons (Fsp3) is 0.174. The minimum atomic E-state index is -4.90. The molecule has 2 heterocycles. The number of rotatable bonds is 6. The average molecular weight is 491 g/mol. The highest BCUT2D eigenvalue weighted by Crippen LogP contribution is 2.34. The molecule has 0 radical (unpaired) electrons. The first-order chi connectivity index (χ1) is 16.2. The van der Waals surface area contributed by atoms with E-state index < -0.39 is 35.4 Å². The molecular formula is C23H18ClF3N4O3. The first-order valence-corrected chi connectivity index (χ1v) is 10.4. The number of hydrogen-bond acceptors (Lipinski definition) is 4. The van der Waals surface area contributed by atoms with E-state index in [-0.39, 0.29) is 12.1 Å². The maximum atomic E-state index is 13.9. The van der Waals surface area contributed by atoms with Gasteiger partial charge in [0.25, 0.3) is 5.91 Å². The zero-order valence-electron chi connectivity index (χ0n) is 17.7. The van der Waals surface area contributed by atoms with E-state index in [0.717, 1.165) is 24.2 Å². The van der Waals surface area contributed by atoms with Gasteiger partial charge in [-0.25, -0.2) is 9.48 Å². The number of nitrogens with one attached hydrogen (secondary N) is 2. The highest BCUT2D eigenvalue weighted by molar-refractivity contribution is 6.30. The Balaban J connectivity index is 1.66. The topological polar surface area (TPSA) is 89.0 Å². The van der Waals surface area contributed by atoms with Crippen LogP contribution in [0.1, 0.15) is 21.6 Å². The van der Waals surface area contributed by atoms with Gasteiger partial charge in [0, 0.05) is 28.5 Å². The van der Waals surface area contributed by atoms with E-state index >= 15 is 0 Å². The third-order valence-corrected chi connectivity index (χ3v) is 5.50. The van der Waals surface area contributed by atoms with Crippen molar-refractivity contribution < 1.29 is 27.5 Å². The molecule has 2 aromatic carbocycles. The van der Waals surface area contributed by atoms with Crippen LogP contribution in [-0.2, 0) is 22.1 Å². The van der Waals surface area contributed by atoms with Crippen molar-refractivity contribution in [1.82, 2.24) is 20.1 Å². The van der Waals surface area contributed by atoms with Crippen molar-refractivity contribution in [3.05, 3.63) is 82.8 Å². The number of benzene rings is 2. The first kappa shape index (κ1) is 23.4. The van der Waals surface area contributed by atoms with Gasteiger partial charge in [0.1, 0.15) is 6.04 Å². The number of nitrogens with zero attached hydrogens (tertiary/aromatic N) is 2. The summed E-state index contributed by atoms with van der Waals surface area (Å²) in [5.74, 6) is -1.90. The highest BCUT2D eigenvalue weighted by atomic mass is 35.5. The van der Waals surface area contributed by atoms with Crippen LogP contribution in [0.4, 0.5) is 13.2 Å². The van der Waals surface area contributed by atoms with Gasteiger partial charge in [-0.15, -0.1) is 0 Å². The number of alkyl halides is 3. The van der Waals surface area contributed by atoms with Crippen LogP contribution in [0.3, 0.4) is 0 Å². The molecule has 176 valence electrons. The van der Waals surface area contributed by atoms with Gasteiger partial charge in [-0.05, 0) is 35.9 Å². The fourth-order valence-electron chi connectivity index (χ4n) is 3.66. The molecule has 2 N–H and O–H groups in total. The second kappa shape index (κ2) is 9.22. The summed E-state index contributed by atoms with van der Waals surface area (Å²) in [6, 6.07) is 11.6. The number of carbonyl (C=O) groups excluding carboxylic acids is 2. The molecule has 4 aromatic rings. The summed E-state index contributed by atoms with van der Waals surface area (Å²) in [6.45, 7) is 0. The van der Waals surface area contributed by atoms with Crippen molar-refractivity contribution >= 4 is 34.4 Å². The predicted molar refractivity (Wildman–Crippen MR) is 119 cm³/mol. The van der Waals surface area contributed by atoms with E-state index in [4.69, 9.17) is 16.3 Å². The Bertz CT molecular complexity index is 1350. The van der Waals surface area contributed by atoms with Gasteiger partial charge in [-0.2, -0.15) is 18.3 Å². The number of amides is 1. The van der Waals surface area contributed by atoms with Crippen LogP contribution in [0.25, 0.3) is 16.6 Å². The minimum absolute atomic E-state index is 0.00903. The molecule has 0 aliphatic rings. The smallest absolute Gasteiger partial charge is 0.434 e. The standard InChI is InChI=1S/C23H18ClF3N4O3/c1-34-22(33)19(10-13-11-28-18-5-3-2-4-16(13)18)30-21(32)17-12-29-31(20(17)23(25,26)27)15-8-6-14(24)7-9-15/h2-9,11-12,19,28H,10H2,1H3,(H,30,32)/t19-/m1/s1. The molecule has 0 aliphatic heterocycles. The molecular weight excluding hydrogens is 473 g/mol. The Morgan fingerprint density at radius 3 is 2.56 bits per heavy atom. The van der Waals surface area contributed by atoms with Crippen molar-refractivity contribution in [3.63, 3.8) is 0 Å². The molecule has 0 fully saturated rings. The quantitative estimate of drug-likeness (QED) is 0.388. The Kier molecular flexibility index (Phi) is 6.34. The molecule has 4 rings (SSSR count). The van der Waals surface area contributed by atoms with Crippen molar-refractivity contribution in [1.29, 1.82) is 0 Å². The van der Waals surface area contributed by atoms with Crippen LogP contribution >= 0.6 is 11.6 Å². The Morgan fingerprint density at radius 2 is 1.88 bits per heavy atom. The van der Waals surface area contributed by atoms with E-state index in [1.807, 2.05) is 24.3 Å². The number of hydrogen-bond donors (Lipinski definition) is 2. The van der Waals surface area contributed by atoms with E-state index in [1.165, 1.54) is 24.3 Å². The van der Waals surface area contributed by atoms with Crippen LogP contribution in [0, 0.1) is 0 Å². The predicted octanol–water partition coefficient (Wildman–Crippen LogP) is 4.54. The Morgan fingerprint density at radius 1 is 1.18 bits per heavy atom. The zero-order valence-corrected chi connectivity index (χ0v) is 18.4. The third kappa shape index (κ3) is 4.62. The molecule has 0 aliphatic carbocycles. The van der Waals surface area contributed by atoms with Crippen molar-refractivity contribution in [2.75, 3.05) is 7.11 Å². The first-order valence-electron chi connectivity index (χ1n) is 10.0. The largest absolute Gasteiger partial charge is 0.467 e. The molecule has 34 heavy (non-hydrogen) atoms. The lowest BCUT2D eigenvalue weighted by molar-refractivity contribution is -0.143. The second-order valence-electron chi connectivity index (χ2n) is 7.41. The summed E-state index contributed by atoms with van der Waals surface area (Å²) in [6.07, 6.45) is -2.41. The Hall–Kier alpha value is -3.79. The minimum Gasteiger partial charge on any atom is -0.467 e. The van der Waals surface area contributed by atoms with Gasteiger partial charge in [-0.1, -0.05) is 29.8 Å². The molecule has 7 nitrogen and oxygen atoms in total. The van der Waals surface area contributed by atoms with Crippen LogP contribution < -0.4 is 5.32 Å². The van der Waals surface area contributed by atoms with Crippen LogP contribution in [-0.4, -0.2) is 39.8 Å². The maximum absolute atomic E-state index is 13.9. The van der Waals surface area contributed by atoms with Crippen molar-refractivity contribution in [2.45, 2.75) is 18.6 Å². The number of aromatic nitrogens is 3. The monoisotopic (exact) mass is 490 g/mol. The number of carbonyl (C=O) groups is 2. The fourth-order valence-corrected chi connectivity index (χ4v) is 3.78. The van der Waals surface area contributed by atoms with Crippen molar-refractivity contribution in [3.8, 4) is 5.69 Å². The molecule has 0 bridgehead atoms. The summed E-state index contributed by atoms with van der Waals surface area (Å²) in [5, 5.41) is 7.29. The second-order valence-corrected chi connectivity index (χ2v) is 7.84. The molecule has 0 unspecified atom stereocenters. The average Bonchev–Trinajstić information content (AvgIpc) is 3.43. The molecule has 0 saturated carbocycles. The van der Waals surface area contributed by atoms with E-state index in [2.05, 4.69) is 15.4 Å². The van der Waals surface area contributed by atoms with Crippen LogP contribution in [0.5, 0.6) is 0 Å². The molecule has 0 spiro atoms. The third-order valence-electron chi connectivity index (χ3n) is 5.24. The number of para-hydroxylation sites is 1. The lowest BCUT2D eigenvalue weighted by atomic mass is 10.0. The summed E-state index contributed by atoms with van der Waals surface area (Å²) < 4.78 is 47.2. The number of halogens is 4. The number of fused-ring (bicyclic) bond motifs is 1. The normalized spacial score (nSPS) is 12.5. The number of ether oxygens (including phenoxy) is 1. The highest BCUT2D eigenvalue weighted by Gasteiger charge is 2.41. The number of aromatic amines is 1. The van der Waals surface area contributed by atoms with E-state index in [1.54, 1.807) is 6.20 Å². The summed E-state index contributed by atoms with van der Waals surface area (Å²) >= 11 is 5.82. The maximum Gasteiger partial charge on any atom is 0.434 e. The molecule has 2 aromatic heterocycles. The van der Waals surface area contributed by atoms with Gasteiger partial charge in [0.15, 0.2) is 5.69 Å². The summed E-state index contributed by atoms with van der Waals surface area (Å²) in [7, 11) is 1.14. The van der Waals surface area contributed by atoms with E-state index in [0.29, 0.717) is 15.3 Å². The zero-order chi connectivity index (χ0) is 24.5. The van der Waals surface area contributed by atoms with Gasteiger partial charge < -0.3 is 15.0 Å². The number of methoxy groups -OCH3 is 1. The molecule has 1 atom stereocenters. The molecule has 1 amide bonds. The summed E-state index contributed by atoms with van der Waals surface area (Å²) in [4.78, 5) is 28.4. The van der Waals surface area contributed by atoms with E-state index in [9.17, 15) is 22.8 Å². The summed E-state index contributed by atoms with van der Waals surface area (Å²) in [5.41, 5.74) is -0.423. The van der Waals surface area contributed by atoms with Crippen LogP contribution in [0.2, 0.25) is 5.02 Å². The van der Waals surface area contributed by atoms with Gasteiger partial charge in [-0.3, -0.25) is 4.79 Å². The van der Waals surface area contributed by atoms with Crippen LogP contribution in [0.15, 0.2) is 60.9 Å². The van der Waals surface area contributed by atoms with Gasteiger partial charge in [0.2, 0.25) is 0 Å². The van der Waals surface area contributed by atoms with Gasteiger partial charge in [0.05, 0.1) is 24.6 Å².